The van der Waals surface area contributed by atoms with Crippen LogP contribution in [-0.2, 0) is 14.3 Å². The highest BCUT2D eigenvalue weighted by molar-refractivity contribution is 6.31. The molecule has 0 bridgehead atoms. The van der Waals surface area contributed by atoms with E-state index in [1.165, 1.54) is 7.11 Å². The summed E-state index contributed by atoms with van der Waals surface area (Å²) in [5.74, 6) is -0.988. The molecule has 0 aromatic heterocycles. The summed E-state index contributed by atoms with van der Waals surface area (Å²) in [6, 6.07) is 13.1. The van der Waals surface area contributed by atoms with E-state index in [1.807, 2.05) is 44.2 Å². The third kappa shape index (κ3) is 3.53. The van der Waals surface area contributed by atoms with Crippen molar-refractivity contribution >= 4 is 35.1 Å². The molecule has 0 aliphatic carbocycles. The van der Waals surface area contributed by atoms with Crippen LogP contribution in [0.15, 0.2) is 59.4 Å². The van der Waals surface area contributed by atoms with Crippen molar-refractivity contribution in [3.63, 3.8) is 0 Å². The van der Waals surface area contributed by atoms with E-state index < -0.39 is 5.97 Å². The number of halogens is 1. The summed E-state index contributed by atoms with van der Waals surface area (Å²) in [4.78, 5) is 27.0. The molecule has 0 radical (unpaired) electrons. The predicted molar refractivity (Wildman–Crippen MR) is 108 cm³/mol. The number of nitrogens with zero attached hydrogens (tertiary/aromatic N) is 1. The third-order valence-electron chi connectivity index (χ3n) is 4.71. The van der Waals surface area contributed by atoms with Gasteiger partial charge in [0.2, 0.25) is 5.78 Å². The molecule has 0 spiro atoms. The molecule has 27 heavy (non-hydrogen) atoms. The molecule has 2 aromatic rings. The normalized spacial score (nSPS) is 15.7. The van der Waals surface area contributed by atoms with Crippen LogP contribution in [0, 0.1) is 13.8 Å². The smallest absolute Gasteiger partial charge is 0.343 e. The maximum Gasteiger partial charge on any atom is 0.343 e. The van der Waals surface area contributed by atoms with Gasteiger partial charge in [-0.25, -0.2) is 4.79 Å². The number of anilines is 1. The average Bonchev–Trinajstić information content (AvgIpc) is 2.89. The van der Waals surface area contributed by atoms with Crippen molar-refractivity contribution in [2.24, 2.45) is 0 Å². The quantitative estimate of drug-likeness (QED) is 0.434. The first-order valence-electron chi connectivity index (χ1n) is 8.52. The Kier molecular flexibility index (Phi) is 5.19. The van der Waals surface area contributed by atoms with Crippen LogP contribution < -0.4 is 4.90 Å². The van der Waals surface area contributed by atoms with Gasteiger partial charge in [0.05, 0.1) is 12.8 Å². The van der Waals surface area contributed by atoms with Gasteiger partial charge in [-0.15, -0.1) is 0 Å². The molecule has 2 aromatic carbocycles. The number of carbonyl (C=O) groups excluding carboxylic acids is 2. The molecule has 1 aliphatic rings. The van der Waals surface area contributed by atoms with Gasteiger partial charge in [0, 0.05) is 16.4 Å². The van der Waals surface area contributed by atoms with Crippen molar-refractivity contribution in [2.45, 2.75) is 20.8 Å². The number of hydrogen-bond donors (Lipinski definition) is 0. The van der Waals surface area contributed by atoms with Gasteiger partial charge in [0.15, 0.2) is 0 Å². The Morgan fingerprint density at radius 1 is 1.04 bits per heavy atom. The van der Waals surface area contributed by atoms with Gasteiger partial charge in [0.1, 0.15) is 5.57 Å². The molecular formula is C22H20ClNO3. The Bertz CT molecular complexity index is 987. The number of ether oxygens (including phenoxy) is 1. The van der Waals surface area contributed by atoms with Crippen molar-refractivity contribution in [1.29, 1.82) is 0 Å². The molecule has 5 heteroatoms. The number of hydrogen-bond acceptors (Lipinski definition) is 4. The molecule has 0 N–H and O–H groups in total. The molecule has 138 valence electrons. The first-order valence-corrected chi connectivity index (χ1v) is 8.90. The fraction of sp³-hybridized carbons (Fsp3) is 0.182. The molecule has 0 unspecified atom stereocenters. The number of benzene rings is 2. The minimum atomic E-state index is -0.633. The van der Waals surface area contributed by atoms with Crippen LogP contribution in [0.4, 0.5) is 5.69 Å². The zero-order valence-corrected chi connectivity index (χ0v) is 16.4. The van der Waals surface area contributed by atoms with Crippen LogP contribution in [0.3, 0.4) is 0 Å². The monoisotopic (exact) mass is 381 g/mol. The Hall–Kier alpha value is -2.85. The van der Waals surface area contributed by atoms with Gasteiger partial charge in [-0.3, -0.25) is 4.79 Å². The van der Waals surface area contributed by atoms with Crippen molar-refractivity contribution in [3.05, 3.63) is 81.1 Å². The van der Waals surface area contributed by atoms with E-state index in [2.05, 4.69) is 0 Å². The fourth-order valence-corrected chi connectivity index (χ4v) is 3.20. The van der Waals surface area contributed by atoms with Gasteiger partial charge in [-0.1, -0.05) is 29.8 Å². The second-order valence-electron chi connectivity index (χ2n) is 6.47. The molecule has 0 saturated carbocycles. The second-order valence-corrected chi connectivity index (χ2v) is 6.90. The van der Waals surface area contributed by atoms with Crippen molar-refractivity contribution < 1.29 is 14.3 Å². The number of esters is 1. The molecule has 1 heterocycles. The molecule has 0 saturated heterocycles. The Morgan fingerprint density at radius 3 is 2.30 bits per heavy atom. The summed E-state index contributed by atoms with van der Waals surface area (Å²) in [6.45, 7) is 5.79. The minimum absolute atomic E-state index is 0.0518. The second kappa shape index (κ2) is 7.41. The number of rotatable bonds is 3. The summed E-state index contributed by atoms with van der Waals surface area (Å²) in [6.07, 6.45) is 1.76. The molecule has 0 atom stereocenters. The van der Waals surface area contributed by atoms with Gasteiger partial charge >= 0.3 is 5.97 Å². The van der Waals surface area contributed by atoms with Gasteiger partial charge < -0.3 is 9.64 Å². The number of carbonyl (C=O) groups is 2. The lowest BCUT2D eigenvalue weighted by Gasteiger charge is -2.22. The fourth-order valence-electron chi connectivity index (χ4n) is 3.07. The molecule has 4 nitrogen and oxygen atoms in total. The topological polar surface area (TPSA) is 46.6 Å². The molecular weight excluding hydrogens is 362 g/mol. The van der Waals surface area contributed by atoms with Crippen molar-refractivity contribution in [2.75, 3.05) is 12.0 Å². The van der Waals surface area contributed by atoms with Crippen LogP contribution in [0.2, 0.25) is 5.02 Å². The van der Waals surface area contributed by atoms with E-state index in [9.17, 15) is 9.59 Å². The largest absolute Gasteiger partial charge is 0.465 e. The van der Waals surface area contributed by atoms with E-state index >= 15 is 0 Å². The Labute approximate surface area is 163 Å². The van der Waals surface area contributed by atoms with E-state index in [0.717, 1.165) is 22.4 Å². The van der Waals surface area contributed by atoms with E-state index in [0.29, 0.717) is 16.4 Å². The molecule has 3 rings (SSSR count). The summed E-state index contributed by atoms with van der Waals surface area (Å²) >= 11 is 5.95. The van der Waals surface area contributed by atoms with E-state index in [-0.39, 0.29) is 11.4 Å². The zero-order valence-electron chi connectivity index (χ0n) is 15.7. The average molecular weight is 382 g/mol. The lowest BCUT2D eigenvalue weighted by Crippen LogP contribution is -2.18. The first-order chi connectivity index (χ1) is 12.8. The number of methoxy groups -OCH3 is 1. The van der Waals surface area contributed by atoms with Crippen molar-refractivity contribution in [1.82, 2.24) is 0 Å². The molecule has 0 fully saturated rings. The summed E-state index contributed by atoms with van der Waals surface area (Å²) in [7, 11) is 1.27. The first kappa shape index (κ1) is 18.9. The van der Waals surface area contributed by atoms with Crippen LogP contribution >= 0.6 is 11.6 Å². The summed E-state index contributed by atoms with van der Waals surface area (Å²) in [5.41, 5.74) is 4.90. The highest BCUT2D eigenvalue weighted by atomic mass is 35.5. The lowest BCUT2D eigenvalue weighted by atomic mass is 10.1. The highest BCUT2D eigenvalue weighted by Crippen LogP contribution is 2.36. The van der Waals surface area contributed by atoms with Gasteiger partial charge in [-0.05, 0) is 67.8 Å². The van der Waals surface area contributed by atoms with Crippen molar-refractivity contribution in [3.8, 4) is 0 Å². The summed E-state index contributed by atoms with van der Waals surface area (Å²) < 4.78 is 4.83. The SMILES string of the molecule is COC(=O)C1=C(C)N(c2ccc(C)c(C)c2)/C(=C/c2ccc(Cl)cc2)C1=O. The highest BCUT2D eigenvalue weighted by Gasteiger charge is 2.38. The molecule has 1 aliphatic heterocycles. The number of aryl methyl sites for hydroxylation is 2. The predicted octanol–water partition coefficient (Wildman–Crippen LogP) is 4.83. The number of allylic oxidation sites excluding steroid dienone is 2. The van der Waals surface area contributed by atoms with Crippen LogP contribution in [0.25, 0.3) is 6.08 Å². The number of ketones is 1. The van der Waals surface area contributed by atoms with E-state index in [4.69, 9.17) is 16.3 Å². The Morgan fingerprint density at radius 2 is 1.70 bits per heavy atom. The summed E-state index contributed by atoms with van der Waals surface area (Å²) in [5, 5.41) is 0.616. The minimum Gasteiger partial charge on any atom is -0.465 e. The number of Topliss-reactive ketones (excluding diaryl/α,β-unsaturated/α-hetero) is 1. The van der Waals surface area contributed by atoms with Gasteiger partial charge in [-0.2, -0.15) is 0 Å². The standard InChI is InChI=1S/C22H20ClNO3/c1-13-5-10-18(11-14(13)2)24-15(3)20(22(26)27-4)21(25)19(24)12-16-6-8-17(23)9-7-16/h5-12H,1-4H3/b19-12+. The van der Waals surface area contributed by atoms with Crippen LogP contribution in [0.5, 0.6) is 0 Å². The Balaban J connectivity index is 2.17. The van der Waals surface area contributed by atoms with E-state index in [1.54, 1.807) is 30.0 Å². The maximum absolute atomic E-state index is 13.0. The molecule has 0 amide bonds. The van der Waals surface area contributed by atoms with Crippen LogP contribution in [0.1, 0.15) is 23.6 Å². The van der Waals surface area contributed by atoms with Crippen LogP contribution in [-0.4, -0.2) is 18.9 Å². The van der Waals surface area contributed by atoms with Gasteiger partial charge in [0.25, 0.3) is 0 Å². The maximum atomic E-state index is 13.0. The zero-order chi connectivity index (χ0) is 19.7. The lowest BCUT2D eigenvalue weighted by molar-refractivity contribution is -0.137. The third-order valence-corrected chi connectivity index (χ3v) is 4.96.